The number of hydrogen-bond donors (Lipinski definition) is 2. The molecule has 1 aromatic carbocycles. The van der Waals surface area contributed by atoms with E-state index in [0.717, 1.165) is 12.1 Å². The number of nitrogens with one attached hydrogen (secondary N) is 2. The van der Waals surface area contributed by atoms with Crippen LogP contribution in [-0.2, 0) is 16.0 Å². The summed E-state index contributed by atoms with van der Waals surface area (Å²) in [5, 5.41) is 5.98. The van der Waals surface area contributed by atoms with Gasteiger partial charge in [0.1, 0.15) is 6.04 Å². The van der Waals surface area contributed by atoms with Crippen molar-refractivity contribution in [3.05, 3.63) is 35.9 Å². The Kier molecular flexibility index (Phi) is 5.75. The Labute approximate surface area is 125 Å². The maximum Gasteiger partial charge on any atom is 0.244 e. The van der Waals surface area contributed by atoms with E-state index in [4.69, 9.17) is 0 Å². The number of rotatable bonds is 5. The largest absolute Gasteiger partial charge is 0.355 e. The van der Waals surface area contributed by atoms with Crippen LogP contribution in [0.15, 0.2) is 30.3 Å². The number of aryl methyl sites for hydroxylation is 1. The Bertz CT molecular complexity index is 476. The quantitative estimate of drug-likeness (QED) is 0.832. The van der Waals surface area contributed by atoms with E-state index < -0.39 is 0 Å². The zero-order valence-corrected chi connectivity index (χ0v) is 12.5. The lowest BCUT2D eigenvalue weighted by atomic mass is 10.1. The summed E-state index contributed by atoms with van der Waals surface area (Å²) in [6, 6.07) is 9.57. The van der Waals surface area contributed by atoms with Gasteiger partial charge in [-0.3, -0.25) is 9.59 Å². The number of carbonyl (C=O) groups is 2. The Balaban J connectivity index is 1.93. The summed E-state index contributed by atoms with van der Waals surface area (Å²) in [4.78, 5) is 26.2. The molecule has 0 bridgehead atoms. The van der Waals surface area contributed by atoms with Gasteiger partial charge in [0.05, 0.1) is 0 Å². The maximum absolute atomic E-state index is 12.4. The van der Waals surface area contributed by atoms with E-state index >= 15 is 0 Å². The Morgan fingerprint density at radius 1 is 1.33 bits per heavy atom. The van der Waals surface area contributed by atoms with Crippen molar-refractivity contribution < 1.29 is 9.59 Å². The molecule has 1 aromatic rings. The number of nitrogens with zero attached hydrogens (tertiary/aromatic N) is 1. The summed E-state index contributed by atoms with van der Waals surface area (Å²) in [5.74, 6) is -0.0191. The lowest BCUT2D eigenvalue weighted by Gasteiger charge is -2.35. The minimum absolute atomic E-state index is 0.0524. The SMILES string of the molecule is CCNC(=O)C1CNCCN1C(=O)CCc1ccccc1. The number of likely N-dealkylation sites (N-methyl/N-ethyl adjacent to an activating group) is 1. The van der Waals surface area contributed by atoms with Gasteiger partial charge < -0.3 is 15.5 Å². The van der Waals surface area contributed by atoms with Gasteiger partial charge >= 0.3 is 0 Å². The molecule has 1 heterocycles. The van der Waals surface area contributed by atoms with Crippen molar-refractivity contribution in [3.8, 4) is 0 Å². The number of amides is 2. The molecule has 0 saturated carbocycles. The van der Waals surface area contributed by atoms with E-state index in [2.05, 4.69) is 10.6 Å². The lowest BCUT2D eigenvalue weighted by molar-refractivity contribution is -0.141. The van der Waals surface area contributed by atoms with Crippen LogP contribution >= 0.6 is 0 Å². The average molecular weight is 289 g/mol. The first-order chi connectivity index (χ1) is 10.2. The Morgan fingerprint density at radius 3 is 2.81 bits per heavy atom. The molecule has 0 aliphatic carbocycles. The van der Waals surface area contributed by atoms with Gasteiger partial charge in [-0.25, -0.2) is 0 Å². The normalized spacial score (nSPS) is 18.3. The van der Waals surface area contributed by atoms with E-state index in [1.807, 2.05) is 37.3 Å². The van der Waals surface area contributed by atoms with Crippen molar-refractivity contribution in [2.75, 3.05) is 26.2 Å². The summed E-state index contributed by atoms with van der Waals surface area (Å²) in [6.45, 7) is 4.34. The van der Waals surface area contributed by atoms with Crippen LogP contribution < -0.4 is 10.6 Å². The van der Waals surface area contributed by atoms with Crippen LogP contribution in [0.25, 0.3) is 0 Å². The first-order valence-electron chi connectivity index (χ1n) is 7.54. The fourth-order valence-electron chi connectivity index (χ4n) is 2.57. The van der Waals surface area contributed by atoms with Crippen LogP contribution in [0.4, 0.5) is 0 Å². The Morgan fingerprint density at radius 2 is 2.10 bits per heavy atom. The van der Waals surface area contributed by atoms with Crippen molar-refractivity contribution in [2.45, 2.75) is 25.8 Å². The van der Waals surface area contributed by atoms with E-state index in [9.17, 15) is 9.59 Å². The van der Waals surface area contributed by atoms with Crippen molar-refractivity contribution in [1.29, 1.82) is 0 Å². The van der Waals surface area contributed by atoms with Gasteiger partial charge in [0, 0.05) is 32.6 Å². The number of benzene rings is 1. The molecule has 0 aromatic heterocycles. The second kappa shape index (κ2) is 7.78. The van der Waals surface area contributed by atoms with Crippen LogP contribution in [0, 0.1) is 0 Å². The number of carbonyl (C=O) groups excluding carboxylic acids is 2. The van der Waals surface area contributed by atoms with Crippen LogP contribution in [-0.4, -0.2) is 48.9 Å². The molecule has 5 heteroatoms. The van der Waals surface area contributed by atoms with Gasteiger partial charge in [-0.15, -0.1) is 0 Å². The highest BCUT2D eigenvalue weighted by Gasteiger charge is 2.31. The van der Waals surface area contributed by atoms with E-state index in [1.54, 1.807) is 4.90 Å². The zero-order chi connectivity index (χ0) is 15.1. The highest BCUT2D eigenvalue weighted by molar-refractivity contribution is 5.88. The molecule has 2 amide bonds. The standard InChI is InChI=1S/C16H23N3O2/c1-2-18-16(21)14-12-17-10-11-19(14)15(20)9-8-13-6-4-3-5-7-13/h3-7,14,17H,2,8-12H2,1H3,(H,18,21). The summed E-state index contributed by atoms with van der Waals surface area (Å²) in [5.41, 5.74) is 1.15. The van der Waals surface area contributed by atoms with Crippen LogP contribution in [0.1, 0.15) is 18.9 Å². The van der Waals surface area contributed by atoms with Crippen molar-refractivity contribution in [1.82, 2.24) is 15.5 Å². The molecule has 1 fully saturated rings. The highest BCUT2D eigenvalue weighted by atomic mass is 16.2. The molecule has 114 valence electrons. The molecule has 21 heavy (non-hydrogen) atoms. The third kappa shape index (κ3) is 4.29. The minimum atomic E-state index is -0.387. The first-order valence-corrected chi connectivity index (χ1v) is 7.54. The average Bonchev–Trinajstić information content (AvgIpc) is 2.54. The fourth-order valence-corrected chi connectivity index (χ4v) is 2.57. The molecule has 1 atom stereocenters. The fraction of sp³-hybridized carbons (Fsp3) is 0.500. The van der Waals surface area contributed by atoms with Gasteiger partial charge in [0.25, 0.3) is 0 Å². The number of piperazine rings is 1. The van der Waals surface area contributed by atoms with E-state index in [1.165, 1.54) is 0 Å². The van der Waals surface area contributed by atoms with Crippen molar-refractivity contribution in [2.24, 2.45) is 0 Å². The van der Waals surface area contributed by atoms with Crippen LogP contribution in [0.2, 0.25) is 0 Å². The molecule has 2 rings (SSSR count). The molecule has 2 N–H and O–H groups in total. The van der Waals surface area contributed by atoms with Gasteiger partial charge in [0.15, 0.2) is 0 Å². The van der Waals surface area contributed by atoms with Gasteiger partial charge in [-0.05, 0) is 18.9 Å². The van der Waals surface area contributed by atoms with Crippen molar-refractivity contribution >= 4 is 11.8 Å². The topological polar surface area (TPSA) is 61.4 Å². The molecule has 1 unspecified atom stereocenters. The summed E-state index contributed by atoms with van der Waals surface area (Å²) in [7, 11) is 0. The molecule has 0 radical (unpaired) electrons. The van der Waals surface area contributed by atoms with E-state index in [-0.39, 0.29) is 17.9 Å². The van der Waals surface area contributed by atoms with Gasteiger partial charge in [-0.1, -0.05) is 30.3 Å². The van der Waals surface area contributed by atoms with Crippen molar-refractivity contribution in [3.63, 3.8) is 0 Å². The second-order valence-electron chi connectivity index (χ2n) is 5.19. The molecule has 1 aliphatic rings. The van der Waals surface area contributed by atoms with Gasteiger partial charge in [0.2, 0.25) is 11.8 Å². The number of hydrogen-bond acceptors (Lipinski definition) is 3. The van der Waals surface area contributed by atoms with Gasteiger partial charge in [-0.2, -0.15) is 0 Å². The minimum Gasteiger partial charge on any atom is -0.355 e. The highest BCUT2D eigenvalue weighted by Crippen LogP contribution is 2.09. The second-order valence-corrected chi connectivity index (χ2v) is 5.19. The van der Waals surface area contributed by atoms with E-state index in [0.29, 0.717) is 32.5 Å². The molecule has 0 spiro atoms. The predicted molar refractivity (Wildman–Crippen MR) is 81.8 cm³/mol. The third-order valence-corrected chi connectivity index (χ3v) is 3.69. The monoisotopic (exact) mass is 289 g/mol. The molecular weight excluding hydrogens is 266 g/mol. The third-order valence-electron chi connectivity index (χ3n) is 3.69. The maximum atomic E-state index is 12.4. The first kappa shape index (κ1) is 15.5. The summed E-state index contributed by atoms with van der Waals surface area (Å²) in [6.07, 6.45) is 1.16. The smallest absolute Gasteiger partial charge is 0.244 e. The summed E-state index contributed by atoms with van der Waals surface area (Å²) >= 11 is 0. The predicted octanol–water partition coefficient (Wildman–Crippen LogP) is 0.556. The summed E-state index contributed by atoms with van der Waals surface area (Å²) < 4.78 is 0. The zero-order valence-electron chi connectivity index (χ0n) is 12.5. The van der Waals surface area contributed by atoms with Crippen LogP contribution in [0.5, 0.6) is 0 Å². The van der Waals surface area contributed by atoms with Crippen LogP contribution in [0.3, 0.4) is 0 Å². The molecule has 1 aliphatic heterocycles. The lowest BCUT2D eigenvalue weighted by Crippen LogP contribution is -2.59. The Hall–Kier alpha value is -1.88. The molecular formula is C16H23N3O2. The molecule has 1 saturated heterocycles. The molecule has 5 nitrogen and oxygen atoms in total.